The smallest absolute Gasteiger partial charge is 0.164 e. The van der Waals surface area contributed by atoms with Gasteiger partial charge in [-0.05, 0) is 81.6 Å². The summed E-state index contributed by atoms with van der Waals surface area (Å²) in [6.45, 7) is 4.61. The SMILES string of the molecule is CCC1(CC)c2ccccc2-c2ccc(-c3nc(-c4ccc(-c5ccccc5)cc4)nc(-c4ccc5c(c4)oc4cccc(-c6ccccc6)c45)n3)cc21. The van der Waals surface area contributed by atoms with Gasteiger partial charge in [0, 0.05) is 32.9 Å². The molecule has 0 fully saturated rings. The average molecular weight is 696 g/mol. The van der Waals surface area contributed by atoms with Crippen LogP contribution in [0, 0.1) is 0 Å². The van der Waals surface area contributed by atoms with Gasteiger partial charge in [0.15, 0.2) is 17.5 Å². The van der Waals surface area contributed by atoms with Crippen molar-refractivity contribution in [1.29, 1.82) is 0 Å². The molecule has 0 amide bonds. The minimum atomic E-state index is -0.0567. The quantitative estimate of drug-likeness (QED) is 0.167. The van der Waals surface area contributed by atoms with Gasteiger partial charge < -0.3 is 4.42 Å². The molecular weight excluding hydrogens is 659 g/mol. The van der Waals surface area contributed by atoms with E-state index in [2.05, 4.69) is 159 Å². The Labute approximate surface area is 314 Å². The predicted molar refractivity (Wildman–Crippen MR) is 221 cm³/mol. The van der Waals surface area contributed by atoms with Gasteiger partial charge in [-0.2, -0.15) is 0 Å². The molecule has 1 aliphatic carbocycles. The summed E-state index contributed by atoms with van der Waals surface area (Å²) in [4.78, 5) is 15.5. The summed E-state index contributed by atoms with van der Waals surface area (Å²) in [7, 11) is 0. The van der Waals surface area contributed by atoms with Gasteiger partial charge in [0.05, 0.1) is 0 Å². The van der Waals surface area contributed by atoms with E-state index in [0.29, 0.717) is 17.5 Å². The number of hydrogen-bond donors (Lipinski definition) is 0. The van der Waals surface area contributed by atoms with Crippen molar-refractivity contribution in [3.63, 3.8) is 0 Å². The van der Waals surface area contributed by atoms with Gasteiger partial charge in [-0.15, -0.1) is 0 Å². The first-order valence-electron chi connectivity index (χ1n) is 18.8. The molecule has 10 rings (SSSR count). The maximum Gasteiger partial charge on any atom is 0.164 e. The second kappa shape index (κ2) is 12.8. The van der Waals surface area contributed by atoms with Crippen LogP contribution in [0.1, 0.15) is 37.8 Å². The summed E-state index contributed by atoms with van der Waals surface area (Å²) >= 11 is 0. The lowest BCUT2D eigenvalue weighted by Gasteiger charge is -2.29. The fourth-order valence-corrected chi connectivity index (χ4v) is 8.64. The fourth-order valence-electron chi connectivity index (χ4n) is 8.64. The van der Waals surface area contributed by atoms with Crippen LogP contribution in [0.2, 0.25) is 0 Å². The average Bonchev–Trinajstić information content (AvgIpc) is 3.77. The molecule has 4 nitrogen and oxygen atoms in total. The number of benzene rings is 7. The Kier molecular flexibility index (Phi) is 7.58. The van der Waals surface area contributed by atoms with Crippen molar-refractivity contribution < 1.29 is 4.42 Å². The van der Waals surface area contributed by atoms with Gasteiger partial charge in [0.1, 0.15) is 11.2 Å². The van der Waals surface area contributed by atoms with Gasteiger partial charge in [0.25, 0.3) is 0 Å². The summed E-state index contributed by atoms with van der Waals surface area (Å²) in [5.74, 6) is 1.89. The van der Waals surface area contributed by atoms with Crippen LogP contribution >= 0.6 is 0 Å². The molecule has 0 bridgehead atoms. The molecule has 258 valence electrons. The molecule has 9 aromatic rings. The first kappa shape index (κ1) is 32.0. The fraction of sp³-hybridized carbons (Fsp3) is 0.100. The van der Waals surface area contributed by atoms with Crippen LogP contribution in [-0.4, -0.2) is 15.0 Å². The van der Waals surface area contributed by atoms with E-state index in [1.165, 1.54) is 27.8 Å². The Hall–Kier alpha value is -6.65. The molecule has 7 aromatic carbocycles. The van der Waals surface area contributed by atoms with Crippen LogP contribution in [0.3, 0.4) is 0 Å². The van der Waals surface area contributed by atoms with E-state index in [-0.39, 0.29) is 5.41 Å². The summed E-state index contributed by atoms with van der Waals surface area (Å²) in [5.41, 5.74) is 14.4. The van der Waals surface area contributed by atoms with Crippen LogP contribution in [0.5, 0.6) is 0 Å². The zero-order valence-corrected chi connectivity index (χ0v) is 30.3. The zero-order chi connectivity index (χ0) is 36.2. The number of nitrogens with zero attached hydrogens (tertiary/aromatic N) is 3. The minimum Gasteiger partial charge on any atom is -0.456 e. The maximum atomic E-state index is 6.52. The number of hydrogen-bond acceptors (Lipinski definition) is 4. The summed E-state index contributed by atoms with van der Waals surface area (Å²) in [5, 5.41) is 2.17. The molecule has 4 heteroatoms. The Morgan fingerprint density at radius 1 is 0.407 bits per heavy atom. The zero-order valence-electron chi connectivity index (χ0n) is 30.3. The van der Waals surface area contributed by atoms with Crippen LogP contribution < -0.4 is 0 Å². The molecule has 0 spiro atoms. The van der Waals surface area contributed by atoms with Crippen molar-refractivity contribution in [2.75, 3.05) is 0 Å². The predicted octanol–water partition coefficient (Wildman–Crippen LogP) is 13.2. The van der Waals surface area contributed by atoms with Crippen molar-refractivity contribution in [3.05, 3.63) is 175 Å². The molecule has 0 aliphatic heterocycles. The Morgan fingerprint density at radius 3 is 1.67 bits per heavy atom. The highest BCUT2D eigenvalue weighted by molar-refractivity contribution is 6.13. The van der Waals surface area contributed by atoms with Crippen molar-refractivity contribution in [3.8, 4) is 67.5 Å². The number of fused-ring (bicyclic) bond motifs is 6. The second-order valence-corrected chi connectivity index (χ2v) is 14.2. The normalized spacial score (nSPS) is 12.9. The third-order valence-electron chi connectivity index (χ3n) is 11.5. The highest BCUT2D eigenvalue weighted by atomic mass is 16.3. The monoisotopic (exact) mass is 695 g/mol. The molecule has 0 saturated heterocycles. The van der Waals surface area contributed by atoms with Gasteiger partial charge in [0.2, 0.25) is 0 Å². The lowest BCUT2D eigenvalue weighted by Crippen LogP contribution is -2.23. The molecule has 0 unspecified atom stereocenters. The third-order valence-corrected chi connectivity index (χ3v) is 11.5. The van der Waals surface area contributed by atoms with Crippen LogP contribution in [-0.2, 0) is 5.41 Å². The molecule has 0 saturated carbocycles. The molecule has 0 radical (unpaired) electrons. The minimum absolute atomic E-state index is 0.0567. The van der Waals surface area contributed by atoms with Gasteiger partial charge in [-0.1, -0.05) is 153 Å². The summed E-state index contributed by atoms with van der Waals surface area (Å²) in [6, 6.07) is 57.6. The lowest BCUT2D eigenvalue weighted by atomic mass is 9.73. The van der Waals surface area contributed by atoms with E-state index in [9.17, 15) is 0 Å². The second-order valence-electron chi connectivity index (χ2n) is 14.2. The number of furan rings is 1. The van der Waals surface area contributed by atoms with E-state index in [4.69, 9.17) is 19.4 Å². The van der Waals surface area contributed by atoms with E-state index < -0.39 is 0 Å². The van der Waals surface area contributed by atoms with Gasteiger partial charge in [-0.3, -0.25) is 0 Å². The topological polar surface area (TPSA) is 51.8 Å². The van der Waals surface area contributed by atoms with E-state index in [0.717, 1.165) is 68.2 Å². The van der Waals surface area contributed by atoms with Crippen LogP contribution in [0.4, 0.5) is 0 Å². The Bertz CT molecular complexity index is 2830. The van der Waals surface area contributed by atoms with Crippen LogP contribution in [0.15, 0.2) is 168 Å². The van der Waals surface area contributed by atoms with Crippen molar-refractivity contribution >= 4 is 21.9 Å². The lowest BCUT2D eigenvalue weighted by molar-refractivity contribution is 0.490. The largest absolute Gasteiger partial charge is 0.456 e. The molecule has 1 aliphatic rings. The van der Waals surface area contributed by atoms with Crippen molar-refractivity contribution in [2.45, 2.75) is 32.1 Å². The molecule has 54 heavy (non-hydrogen) atoms. The van der Waals surface area contributed by atoms with Gasteiger partial charge >= 0.3 is 0 Å². The molecular formula is C50H37N3O. The van der Waals surface area contributed by atoms with Crippen LogP contribution in [0.25, 0.3) is 89.5 Å². The van der Waals surface area contributed by atoms with Crippen molar-refractivity contribution in [1.82, 2.24) is 15.0 Å². The van der Waals surface area contributed by atoms with E-state index >= 15 is 0 Å². The molecule has 0 atom stereocenters. The standard InChI is InChI=1S/C50H37N3O/c1-3-50(4-2)42-20-12-11-18-39(42)40-28-26-36(30-43(40)50)48-51-47(35-24-22-33(23-25-35)32-14-7-5-8-15-32)52-49(53-48)37-27-29-41-45(31-37)54-44-21-13-19-38(46(41)44)34-16-9-6-10-17-34/h5-31H,3-4H2,1-2H3. The first-order chi connectivity index (χ1) is 26.6. The Balaban J connectivity index is 1.13. The van der Waals surface area contributed by atoms with E-state index in [1.807, 2.05) is 18.2 Å². The number of rotatable bonds is 7. The van der Waals surface area contributed by atoms with Crippen molar-refractivity contribution in [2.24, 2.45) is 0 Å². The molecule has 2 heterocycles. The Morgan fingerprint density at radius 2 is 0.944 bits per heavy atom. The number of aromatic nitrogens is 3. The molecule has 0 N–H and O–H groups in total. The summed E-state index contributed by atoms with van der Waals surface area (Å²) < 4.78 is 6.52. The highest BCUT2D eigenvalue weighted by Gasteiger charge is 2.40. The van der Waals surface area contributed by atoms with Gasteiger partial charge in [-0.25, -0.2) is 15.0 Å². The molecule has 2 aromatic heterocycles. The third kappa shape index (κ3) is 5.09. The summed E-state index contributed by atoms with van der Waals surface area (Å²) in [6.07, 6.45) is 2.03. The van der Waals surface area contributed by atoms with E-state index in [1.54, 1.807) is 0 Å². The maximum absolute atomic E-state index is 6.52. The highest BCUT2D eigenvalue weighted by Crippen LogP contribution is 2.53. The first-order valence-corrected chi connectivity index (χ1v) is 18.8.